The number of ether oxygens (including phenoxy) is 1. The van der Waals surface area contributed by atoms with Gasteiger partial charge in [-0.05, 0) is 44.0 Å². The summed E-state index contributed by atoms with van der Waals surface area (Å²) in [4.78, 5) is 12.0. The Morgan fingerprint density at radius 2 is 2.32 bits per heavy atom. The second-order valence-electron chi connectivity index (χ2n) is 4.96. The molecule has 1 heterocycles. The number of halogens is 1. The zero-order chi connectivity index (χ0) is 13.7. The number of carbonyl (C=O) groups excluding carboxylic acids is 1. The van der Waals surface area contributed by atoms with Crippen LogP contribution in [0.4, 0.5) is 4.39 Å². The van der Waals surface area contributed by atoms with Crippen LogP contribution in [0.1, 0.15) is 42.5 Å². The van der Waals surface area contributed by atoms with Crippen molar-refractivity contribution in [3.05, 3.63) is 29.6 Å². The van der Waals surface area contributed by atoms with Crippen molar-refractivity contribution >= 4 is 5.78 Å². The Morgan fingerprint density at radius 1 is 1.47 bits per heavy atom. The van der Waals surface area contributed by atoms with Gasteiger partial charge in [0.05, 0.1) is 7.11 Å². The Labute approximate surface area is 113 Å². The maximum absolute atomic E-state index is 13.5. The molecular weight excluding hydrogens is 245 g/mol. The van der Waals surface area contributed by atoms with Crippen LogP contribution < -0.4 is 10.1 Å². The quantitative estimate of drug-likeness (QED) is 0.832. The highest BCUT2D eigenvalue weighted by Crippen LogP contribution is 2.20. The fraction of sp³-hybridized carbons (Fsp3) is 0.533. The van der Waals surface area contributed by atoms with Gasteiger partial charge in [-0.1, -0.05) is 6.42 Å². The van der Waals surface area contributed by atoms with E-state index >= 15 is 0 Å². The lowest BCUT2D eigenvalue weighted by Gasteiger charge is -2.22. The first-order valence-corrected chi connectivity index (χ1v) is 6.81. The van der Waals surface area contributed by atoms with E-state index in [1.165, 1.54) is 32.1 Å². The molecule has 0 radical (unpaired) electrons. The van der Waals surface area contributed by atoms with Crippen LogP contribution in [-0.2, 0) is 0 Å². The lowest BCUT2D eigenvalue weighted by Crippen LogP contribution is -2.34. The Balaban J connectivity index is 1.90. The Bertz CT molecular complexity index is 442. The molecule has 0 saturated carbocycles. The standard InChI is InChI=1S/C15H20FNO2/c1-19-15-8-5-11(10-13(15)16)14(18)7-6-12-4-2-3-9-17-12/h5,8,10,12,17H,2-4,6-7,9H2,1H3. The van der Waals surface area contributed by atoms with Gasteiger partial charge in [-0.15, -0.1) is 0 Å². The van der Waals surface area contributed by atoms with Crippen molar-refractivity contribution in [2.24, 2.45) is 0 Å². The highest BCUT2D eigenvalue weighted by molar-refractivity contribution is 5.96. The fourth-order valence-corrected chi connectivity index (χ4v) is 2.46. The highest BCUT2D eigenvalue weighted by Gasteiger charge is 2.15. The molecule has 0 spiro atoms. The van der Waals surface area contributed by atoms with Crippen molar-refractivity contribution in [3.63, 3.8) is 0 Å². The SMILES string of the molecule is COc1ccc(C(=O)CCC2CCCCN2)cc1F. The third-order valence-corrected chi connectivity index (χ3v) is 3.61. The predicted octanol–water partition coefficient (Wildman–Crippen LogP) is 2.94. The van der Waals surface area contributed by atoms with Crippen LogP contribution in [0, 0.1) is 5.82 Å². The van der Waals surface area contributed by atoms with E-state index in [4.69, 9.17) is 4.74 Å². The van der Waals surface area contributed by atoms with Gasteiger partial charge in [0.15, 0.2) is 17.3 Å². The van der Waals surface area contributed by atoms with Gasteiger partial charge in [0, 0.05) is 18.0 Å². The molecule has 1 aromatic carbocycles. The van der Waals surface area contributed by atoms with Gasteiger partial charge in [0.1, 0.15) is 0 Å². The van der Waals surface area contributed by atoms with Crippen molar-refractivity contribution in [1.82, 2.24) is 5.32 Å². The number of benzene rings is 1. The molecule has 1 aliphatic heterocycles. The number of rotatable bonds is 5. The lowest BCUT2D eigenvalue weighted by atomic mass is 9.97. The minimum atomic E-state index is -0.482. The van der Waals surface area contributed by atoms with Gasteiger partial charge in [-0.2, -0.15) is 0 Å². The number of hydrogen-bond acceptors (Lipinski definition) is 3. The number of nitrogens with one attached hydrogen (secondary N) is 1. The molecule has 0 amide bonds. The fourth-order valence-electron chi connectivity index (χ4n) is 2.46. The van der Waals surface area contributed by atoms with Crippen molar-refractivity contribution in [1.29, 1.82) is 0 Å². The number of ketones is 1. The van der Waals surface area contributed by atoms with Crippen molar-refractivity contribution < 1.29 is 13.9 Å². The minimum Gasteiger partial charge on any atom is -0.494 e. The summed E-state index contributed by atoms with van der Waals surface area (Å²) in [6.07, 6.45) is 4.86. The zero-order valence-electron chi connectivity index (χ0n) is 11.2. The van der Waals surface area contributed by atoms with Crippen LogP contribution >= 0.6 is 0 Å². The molecule has 1 aliphatic rings. The summed E-state index contributed by atoms with van der Waals surface area (Å²) in [7, 11) is 1.41. The molecule has 0 bridgehead atoms. The van der Waals surface area contributed by atoms with Crippen LogP contribution in [-0.4, -0.2) is 25.5 Å². The molecule has 0 aromatic heterocycles. The molecule has 1 saturated heterocycles. The maximum Gasteiger partial charge on any atom is 0.165 e. The summed E-state index contributed by atoms with van der Waals surface area (Å²) in [5.74, 6) is -0.316. The molecule has 1 unspecified atom stereocenters. The molecule has 104 valence electrons. The van der Waals surface area contributed by atoms with Gasteiger partial charge < -0.3 is 10.1 Å². The van der Waals surface area contributed by atoms with E-state index < -0.39 is 5.82 Å². The van der Waals surface area contributed by atoms with E-state index in [0.717, 1.165) is 19.4 Å². The second kappa shape index (κ2) is 6.66. The van der Waals surface area contributed by atoms with Crippen molar-refractivity contribution in [2.45, 2.75) is 38.1 Å². The van der Waals surface area contributed by atoms with Gasteiger partial charge in [0.25, 0.3) is 0 Å². The van der Waals surface area contributed by atoms with E-state index in [9.17, 15) is 9.18 Å². The van der Waals surface area contributed by atoms with E-state index in [2.05, 4.69) is 5.32 Å². The predicted molar refractivity (Wildman–Crippen MR) is 72.2 cm³/mol. The largest absolute Gasteiger partial charge is 0.494 e. The number of Topliss-reactive ketones (excluding diaryl/α,β-unsaturated/α-hetero) is 1. The van der Waals surface area contributed by atoms with Crippen molar-refractivity contribution in [2.75, 3.05) is 13.7 Å². The Hall–Kier alpha value is -1.42. The van der Waals surface area contributed by atoms with Crippen LogP contribution in [0.3, 0.4) is 0 Å². The molecule has 2 rings (SSSR count). The summed E-state index contributed by atoms with van der Waals surface area (Å²) in [6.45, 7) is 1.04. The average molecular weight is 265 g/mol. The first-order valence-electron chi connectivity index (χ1n) is 6.81. The Morgan fingerprint density at radius 3 is 2.95 bits per heavy atom. The van der Waals surface area contributed by atoms with Crippen LogP contribution in [0.2, 0.25) is 0 Å². The number of piperidine rings is 1. The van der Waals surface area contributed by atoms with E-state index in [-0.39, 0.29) is 11.5 Å². The summed E-state index contributed by atoms with van der Waals surface area (Å²) >= 11 is 0. The minimum absolute atomic E-state index is 0.00562. The van der Waals surface area contributed by atoms with Gasteiger partial charge in [0.2, 0.25) is 0 Å². The first kappa shape index (κ1) is 14.0. The number of carbonyl (C=O) groups is 1. The zero-order valence-corrected chi connectivity index (χ0v) is 11.2. The Kier molecular flexibility index (Phi) is 4.91. The van der Waals surface area contributed by atoms with Crippen LogP contribution in [0.5, 0.6) is 5.75 Å². The average Bonchev–Trinajstić information content (AvgIpc) is 2.45. The normalized spacial score (nSPS) is 19.2. The summed E-state index contributed by atoms with van der Waals surface area (Å²) in [5, 5.41) is 3.41. The summed E-state index contributed by atoms with van der Waals surface area (Å²) in [5.41, 5.74) is 0.425. The molecule has 3 nitrogen and oxygen atoms in total. The topological polar surface area (TPSA) is 38.3 Å². The summed E-state index contributed by atoms with van der Waals surface area (Å²) < 4.78 is 18.4. The molecule has 1 aromatic rings. The molecule has 19 heavy (non-hydrogen) atoms. The smallest absolute Gasteiger partial charge is 0.165 e. The molecule has 4 heteroatoms. The van der Waals surface area contributed by atoms with E-state index in [0.29, 0.717) is 18.0 Å². The van der Waals surface area contributed by atoms with Crippen molar-refractivity contribution in [3.8, 4) is 5.75 Å². The van der Waals surface area contributed by atoms with E-state index in [1.54, 1.807) is 6.07 Å². The second-order valence-corrected chi connectivity index (χ2v) is 4.96. The highest BCUT2D eigenvalue weighted by atomic mass is 19.1. The van der Waals surface area contributed by atoms with Crippen LogP contribution in [0.25, 0.3) is 0 Å². The maximum atomic E-state index is 13.5. The number of methoxy groups -OCH3 is 1. The number of hydrogen-bond donors (Lipinski definition) is 1. The first-order chi connectivity index (χ1) is 9.20. The third kappa shape index (κ3) is 3.77. The summed E-state index contributed by atoms with van der Waals surface area (Å²) in [6, 6.07) is 4.82. The van der Waals surface area contributed by atoms with Gasteiger partial charge in [-0.3, -0.25) is 4.79 Å². The van der Waals surface area contributed by atoms with Gasteiger partial charge >= 0.3 is 0 Å². The molecule has 1 fully saturated rings. The molecule has 1 N–H and O–H groups in total. The van der Waals surface area contributed by atoms with Crippen LogP contribution in [0.15, 0.2) is 18.2 Å². The third-order valence-electron chi connectivity index (χ3n) is 3.61. The van der Waals surface area contributed by atoms with E-state index in [1.807, 2.05) is 0 Å². The molecule has 0 aliphatic carbocycles. The van der Waals surface area contributed by atoms with Gasteiger partial charge in [-0.25, -0.2) is 4.39 Å². The lowest BCUT2D eigenvalue weighted by molar-refractivity contribution is 0.0973. The molecular formula is C15H20FNO2. The molecule has 1 atom stereocenters. The monoisotopic (exact) mass is 265 g/mol.